The molecule has 0 aliphatic heterocycles. The molecule has 7 heteroatoms. The van der Waals surface area contributed by atoms with Crippen molar-refractivity contribution in [3.8, 4) is 0 Å². The molecule has 0 bridgehead atoms. The van der Waals surface area contributed by atoms with Crippen LogP contribution >= 0.6 is 24.0 Å². The second-order valence-electron chi connectivity index (χ2n) is 6.34. The molecule has 6 nitrogen and oxygen atoms in total. The summed E-state index contributed by atoms with van der Waals surface area (Å²) < 4.78 is 7.57. The van der Waals surface area contributed by atoms with E-state index in [1.165, 1.54) is 24.0 Å². The van der Waals surface area contributed by atoms with E-state index < -0.39 is 0 Å². The lowest BCUT2D eigenvalue weighted by molar-refractivity contribution is 0.129. The van der Waals surface area contributed by atoms with E-state index in [4.69, 9.17) is 4.74 Å². The molecule has 0 saturated heterocycles. The van der Waals surface area contributed by atoms with E-state index in [0.29, 0.717) is 6.61 Å². The highest BCUT2D eigenvalue weighted by molar-refractivity contribution is 14.0. The van der Waals surface area contributed by atoms with Crippen molar-refractivity contribution in [2.45, 2.75) is 25.9 Å². The Hall–Kier alpha value is -1.61. The first-order valence-corrected chi connectivity index (χ1v) is 8.91. The third-order valence-electron chi connectivity index (χ3n) is 4.27. The summed E-state index contributed by atoms with van der Waals surface area (Å²) in [6.45, 7) is 3.87. The third kappa shape index (κ3) is 6.95. The van der Waals surface area contributed by atoms with Crippen molar-refractivity contribution >= 4 is 29.9 Å². The monoisotopic (exact) mass is 469 g/mol. The molecule has 142 valence electrons. The number of nitrogens with zero attached hydrogens (tertiary/aromatic N) is 3. The molecule has 0 unspecified atom stereocenters. The van der Waals surface area contributed by atoms with E-state index in [0.717, 1.165) is 38.1 Å². The van der Waals surface area contributed by atoms with Crippen LogP contribution in [0.15, 0.2) is 47.7 Å². The fourth-order valence-electron chi connectivity index (χ4n) is 2.63. The van der Waals surface area contributed by atoms with Gasteiger partial charge in [0.25, 0.3) is 0 Å². The van der Waals surface area contributed by atoms with Gasteiger partial charge in [-0.05, 0) is 36.0 Å². The lowest BCUT2D eigenvalue weighted by Gasteiger charge is -2.14. The van der Waals surface area contributed by atoms with Crippen molar-refractivity contribution in [1.82, 2.24) is 20.4 Å². The smallest absolute Gasteiger partial charge is 0.191 e. The molecule has 0 atom stereocenters. The van der Waals surface area contributed by atoms with Crippen LogP contribution in [0, 0.1) is 5.92 Å². The Labute approximate surface area is 172 Å². The molecular formula is C19H28IN5O. The summed E-state index contributed by atoms with van der Waals surface area (Å²) in [5, 5.41) is 11.0. The van der Waals surface area contributed by atoms with Crippen molar-refractivity contribution in [1.29, 1.82) is 0 Å². The number of halogens is 1. The van der Waals surface area contributed by atoms with Crippen LogP contribution in [0.2, 0.25) is 0 Å². The average molecular weight is 469 g/mol. The van der Waals surface area contributed by atoms with Crippen LogP contribution in [-0.2, 0) is 17.8 Å². The minimum atomic E-state index is 0. The van der Waals surface area contributed by atoms with Crippen molar-refractivity contribution < 1.29 is 4.74 Å². The molecule has 0 amide bonds. The highest BCUT2D eigenvalue weighted by Gasteiger charge is 2.20. The number of nitrogens with one attached hydrogen (secondary N) is 2. The number of rotatable bonds is 9. The molecule has 0 radical (unpaired) electrons. The molecule has 1 fully saturated rings. The van der Waals surface area contributed by atoms with E-state index in [2.05, 4.69) is 45.0 Å². The SMILES string of the molecule is CN=C(NCCOCC1CC1)NCc1ccccc1Cn1cccn1.I. The van der Waals surface area contributed by atoms with Gasteiger partial charge >= 0.3 is 0 Å². The van der Waals surface area contributed by atoms with Crippen LogP contribution in [-0.4, -0.2) is 42.5 Å². The molecule has 1 aliphatic rings. The first kappa shape index (κ1) is 20.7. The van der Waals surface area contributed by atoms with Gasteiger partial charge in [-0.3, -0.25) is 9.67 Å². The second-order valence-corrected chi connectivity index (χ2v) is 6.34. The van der Waals surface area contributed by atoms with E-state index in [9.17, 15) is 0 Å². The first-order valence-electron chi connectivity index (χ1n) is 8.91. The zero-order valence-electron chi connectivity index (χ0n) is 15.2. The van der Waals surface area contributed by atoms with Crippen molar-refractivity contribution in [2.75, 3.05) is 26.8 Å². The topological polar surface area (TPSA) is 63.5 Å². The summed E-state index contributed by atoms with van der Waals surface area (Å²) in [6, 6.07) is 10.3. The summed E-state index contributed by atoms with van der Waals surface area (Å²) in [5.74, 6) is 1.60. The highest BCUT2D eigenvalue weighted by atomic mass is 127. The molecule has 1 aliphatic carbocycles. The van der Waals surface area contributed by atoms with Gasteiger partial charge in [0, 0.05) is 39.1 Å². The van der Waals surface area contributed by atoms with Gasteiger partial charge in [0.15, 0.2) is 5.96 Å². The molecule has 2 aromatic rings. The molecular weight excluding hydrogens is 441 g/mol. The fourth-order valence-corrected chi connectivity index (χ4v) is 2.63. The molecule has 1 saturated carbocycles. The van der Waals surface area contributed by atoms with Gasteiger partial charge in [0.05, 0.1) is 13.2 Å². The molecule has 0 spiro atoms. The van der Waals surface area contributed by atoms with E-state index in [1.807, 2.05) is 16.9 Å². The minimum Gasteiger partial charge on any atom is -0.379 e. The predicted molar refractivity (Wildman–Crippen MR) is 115 cm³/mol. The summed E-state index contributed by atoms with van der Waals surface area (Å²) >= 11 is 0. The second kappa shape index (κ2) is 11.2. The summed E-state index contributed by atoms with van der Waals surface area (Å²) in [7, 11) is 1.79. The van der Waals surface area contributed by atoms with Gasteiger partial charge in [0.1, 0.15) is 0 Å². The number of aromatic nitrogens is 2. The largest absolute Gasteiger partial charge is 0.379 e. The number of benzene rings is 1. The normalized spacial score (nSPS) is 14.0. The molecule has 1 aromatic carbocycles. The summed E-state index contributed by atoms with van der Waals surface area (Å²) in [5.41, 5.74) is 2.49. The number of hydrogen-bond donors (Lipinski definition) is 2. The molecule has 3 rings (SSSR count). The lowest BCUT2D eigenvalue weighted by atomic mass is 10.1. The van der Waals surface area contributed by atoms with Crippen LogP contribution in [0.4, 0.5) is 0 Å². The molecule has 1 aromatic heterocycles. The molecule has 1 heterocycles. The van der Waals surface area contributed by atoms with Crippen LogP contribution in [0.1, 0.15) is 24.0 Å². The maximum Gasteiger partial charge on any atom is 0.191 e. The van der Waals surface area contributed by atoms with Gasteiger partial charge in [-0.15, -0.1) is 24.0 Å². The van der Waals surface area contributed by atoms with E-state index in [1.54, 1.807) is 13.2 Å². The Morgan fingerprint density at radius 2 is 2.04 bits per heavy atom. The van der Waals surface area contributed by atoms with Crippen LogP contribution in [0.3, 0.4) is 0 Å². The van der Waals surface area contributed by atoms with Gasteiger partial charge in [-0.25, -0.2) is 0 Å². The van der Waals surface area contributed by atoms with E-state index >= 15 is 0 Å². The van der Waals surface area contributed by atoms with Crippen molar-refractivity contribution in [2.24, 2.45) is 10.9 Å². The summed E-state index contributed by atoms with van der Waals surface area (Å²) in [6.07, 6.45) is 6.44. The Morgan fingerprint density at radius 1 is 1.23 bits per heavy atom. The highest BCUT2D eigenvalue weighted by Crippen LogP contribution is 2.28. The zero-order chi connectivity index (χ0) is 17.3. The van der Waals surface area contributed by atoms with Crippen LogP contribution < -0.4 is 10.6 Å². The summed E-state index contributed by atoms with van der Waals surface area (Å²) in [4.78, 5) is 4.27. The quantitative estimate of drug-likeness (QED) is 0.257. The zero-order valence-corrected chi connectivity index (χ0v) is 17.6. The third-order valence-corrected chi connectivity index (χ3v) is 4.27. The van der Waals surface area contributed by atoms with Crippen LogP contribution in [0.25, 0.3) is 0 Å². The maximum absolute atomic E-state index is 5.64. The predicted octanol–water partition coefficient (Wildman–Crippen LogP) is 2.64. The van der Waals surface area contributed by atoms with Gasteiger partial charge < -0.3 is 15.4 Å². The number of ether oxygens (including phenoxy) is 1. The molecule has 26 heavy (non-hydrogen) atoms. The first-order chi connectivity index (χ1) is 12.3. The minimum absolute atomic E-state index is 0. The standard InChI is InChI=1S/C19H27N5O.HI/c1-20-19(21-10-12-25-15-16-7-8-16)22-13-17-5-2-3-6-18(17)14-24-11-4-9-23-24;/h2-6,9,11,16H,7-8,10,12-15H2,1H3,(H2,20,21,22);1H. The maximum atomic E-state index is 5.64. The number of hydrogen-bond acceptors (Lipinski definition) is 3. The van der Waals surface area contributed by atoms with Gasteiger partial charge in [-0.2, -0.15) is 5.10 Å². The number of guanidine groups is 1. The van der Waals surface area contributed by atoms with Crippen molar-refractivity contribution in [3.05, 3.63) is 53.9 Å². The molecule has 2 N–H and O–H groups in total. The number of aliphatic imine (C=N–C) groups is 1. The Morgan fingerprint density at radius 3 is 2.73 bits per heavy atom. The average Bonchev–Trinajstić information content (AvgIpc) is 3.32. The Balaban J connectivity index is 0.00000243. The Kier molecular flexibility index (Phi) is 8.90. The van der Waals surface area contributed by atoms with Crippen molar-refractivity contribution in [3.63, 3.8) is 0 Å². The Bertz CT molecular complexity index is 670. The van der Waals surface area contributed by atoms with Gasteiger partial charge in [0.2, 0.25) is 0 Å². The van der Waals surface area contributed by atoms with Gasteiger partial charge in [-0.1, -0.05) is 24.3 Å². The lowest BCUT2D eigenvalue weighted by Crippen LogP contribution is -2.38. The fraction of sp³-hybridized carbons (Fsp3) is 0.474. The van der Waals surface area contributed by atoms with E-state index in [-0.39, 0.29) is 24.0 Å². The van der Waals surface area contributed by atoms with Crippen LogP contribution in [0.5, 0.6) is 0 Å².